The molecule has 150 valence electrons. The molecule has 0 aliphatic heterocycles. The van der Waals surface area contributed by atoms with Gasteiger partial charge in [0.05, 0.1) is 19.8 Å². The first-order valence-corrected chi connectivity index (χ1v) is 9.60. The zero-order valence-corrected chi connectivity index (χ0v) is 16.6. The molecule has 2 aromatic rings. The molecule has 28 heavy (non-hydrogen) atoms. The number of sulfonamides is 1. The van der Waals surface area contributed by atoms with Crippen LogP contribution in [0.2, 0.25) is 5.02 Å². The summed E-state index contributed by atoms with van der Waals surface area (Å²) in [6, 6.07) is 6.48. The number of nitro benzene ring substituents is 2. The molecule has 12 heteroatoms. The molecule has 0 spiro atoms. The zero-order chi connectivity index (χ0) is 21.3. The average molecular weight is 430 g/mol. The molecular weight excluding hydrogens is 414 g/mol. The number of ether oxygens (including phenoxy) is 1. The number of hydrogen-bond donors (Lipinski definition) is 1. The van der Waals surface area contributed by atoms with Crippen LogP contribution in [-0.4, -0.2) is 23.8 Å². The van der Waals surface area contributed by atoms with Gasteiger partial charge in [0.1, 0.15) is 5.75 Å². The van der Waals surface area contributed by atoms with Crippen molar-refractivity contribution in [3.05, 3.63) is 61.6 Å². The van der Waals surface area contributed by atoms with E-state index in [0.29, 0.717) is 0 Å². The minimum absolute atomic E-state index is 0.0567. The van der Waals surface area contributed by atoms with Crippen molar-refractivity contribution in [2.24, 2.45) is 0 Å². The summed E-state index contributed by atoms with van der Waals surface area (Å²) in [4.78, 5) is 20.4. The van der Waals surface area contributed by atoms with Gasteiger partial charge in [-0.1, -0.05) is 11.6 Å². The Morgan fingerprint density at radius 1 is 1.00 bits per heavy atom. The van der Waals surface area contributed by atoms with Crippen LogP contribution in [0.5, 0.6) is 11.5 Å². The van der Waals surface area contributed by atoms with E-state index in [1.54, 1.807) is 20.8 Å². The van der Waals surface area contributed by atoms with Crippen molar-refractivity contribution in [1.29, 1.82) is 0 Å². The molecule has 0 amide bonds. The van der Waals surface area contributed by atoms with Crippen LogP contribution in [-0.2, 0) is 10.0 Å². The molecule has 0 unspecified atom stereocenters. The maximum Gasteiger partial charge on any atom is 0.312 e. The Morgan fingerprint density at radius 3 is 2.11 bits per heavy atom. The highest BCUT2D eigenvalue weighted by Crippen LogP contribution is 2.37. The molecule has 0 aliphatic rings. The molecule has 10 nitrogen and oxygen atoms in total. The lowest BCUT2D eigenvalue weighted by Crippen LogP contribution is -2.40. The Labute approximate surface area is 165 Å². The van der Waals surface area contributed by atoms with Crippen LogP contribution in [0.25, 0.3) is 0 Å². The largest absolute Gasteiger partial charge is 0.449 e. The van der Waals surface area contributed by atoms with E-state index in [2.05, 4.69) is 4.72 Å². The number of nitro groups is 2. The first kappa shape index (κ1) is 21.5. The zero-order valence-electron chi connectivity index (χ0n) is 15.0. The fraction of sp³-hybridized carbons (Fsp3) is 0.250. The minimum atomic E-state index is -4.00. The quantitative estimate of drug-likeness (QED) is 0.539. The topological polar surface area (TPSA) is 142 Å². The second-order valence-electron chi connectivity index (χ2n) is 6.72. The maximum atomic E-state index is 12.4. The van der Waals surface area contributed by atoms with Crippen LogP contribution in [0.4, 0.5) is 11.4 Å². The highest BCUT2D eigenvalue weighted by atomic mass is 35.5. The summed E-state index contributed by atoms with van der Waals surface area (Å²) in [5.74, 6) is -0.325. The Balaban J connectivity index is 2.44. The molecule has 0 heterocycles. The Morgan fingerprint density at radius 2 is 1.61 bits per heavy atom. The predicted molar refractivity (Wildman–Crippen MR) is 101 cm³/mol. The highest BCUT2D eigenvalue weighted by Gasteiger charge is 2.26. The van der Waals surface area contributed by atoms with E-state index in [4.69, 9.17) is 16.3 Å². The number of halogens is 1. The number of non-ortho nitro benzene ring substituents is 1. The number of benzene rings is 2. The highest BCUT2D eigenvalue weighted by molar-refractivity contribution is 7.89. The van der Waals surface area contributed by atoms with Gasteiger partial charge in [0.25, 0.3) is 5.69 Å². The van der Waals surface area contributed by atoms with Crippen LogP contribution < -0.4 is 9.46 Å². The third-order valence-corrected chi connectivity index (χ3v) is 5.28. The minimum Gasteiger partial charge on any atom is -0.449 e. The van der Waals surface area contributed by atoms with Gasteiger partial charge in [-0.3, -0.25) is 20.2 Å². The molecule has 0 radical (unpaired) electrons. The van der Waals surface area contributed by atoms with E-state index in [0.717, 1.165) is 30.3 Å². The van der Waals surface area contributed by atoms with E-state index in [1.807, 2.05) is 0 Å². The van der Waals surface area contributed by atoms with Crippen molar-refractivity contribution >= 4 is 33.0 Å². The standard InChI is InChI=1S/C16H16ClN3O7S/c1-16(2,3)18-28(25,26)11-5-7-15(13(9-11)20(23)24)27-14-6-4-10(19(21)22)8-12(14)17/h4-9,18H,1-3H3. The summed E-state index contributed by atoms with van der Waals surface area (Å²) in [6.45, 7) is 4.90. The van der Waals surface area contributed by atoms with Gasteiger partial charge in [0, 0.05) is 23.7 Å². The van der Waals surface area contributed by atoms with Crippen LogP contribution >= 0.6 is 11.6 Å². The molecule has 0 aromatic heterocycles. The summed E-state index contributed by atoms with van der Waals surface area (Å²) in [7, 11) is -4.00. The summed E-state index contributed by atoms with van der Waals surface area (Å²) in [5, 5.41) is 22.0. The van der Waals surface area contributed by atoms with E-state index in [-0.39, 0.29) is 27.1 Å². The molecular formula is C16H16ClN3O7S. The van der Waals surface area contributed by atoms with Crippen LogP contribution in [0.1, 0.15) is 20.8 Å². The van der Waals surface area contributed by atoms with Crippen molar-refractivity contribution in [3.63, 3.8) is 0 Å². The second-order valence-corrected chi connectivity index (χ2v) is 8.81. The summed E-state index contributed by atoms with van der Waals surface area (Å²) in [5.41, 5.74) is -1.66. The molecule has 0 aliphatic carbocycles. The predicted octanol–water partition coefficient (Wildman–Crippen LogP) is 4.03. The molecule has 0 saturated heterocycles. The molecule has 0 bridgehead atoms. The molecule has 0 saturated carbocycles. The molecule has 2 aromatic carbocycles. The fourth-order valence-electron chi connectivity index (χ4n) is 2.16. The van der Waals surface area contributed by atoms with Gasteiger partial charge < -0.3 is 4.74 Å². The van der Waals surface area contributed by atoms with E-state index < -0.39 is 31.1 Å². The third-order valence-electron chi connectivity index (χ3n) is 3.22. The van der Waals surface area contributed by atoms with Crippen molar-refractivity contribution in [2.45, 2.75) is 31.2 Å². The van der Waals surface area contributed by atoms with E-state index in [1.165, 1.54) is 6.07 Å². The number of hydrogen-bond acceptors (Lipinski definition) is 7. The lowest BCUT2D eigenvalue weighted by Gasteiger charge is -2.20. The second kappa shape index (κ2) is 7.70. The molecule has 1 N–H and O–H groups in total. The van der Waals surface area contributed by atoms with Crippen LogP contribution in [0, 0.1) is 20.2 Å². The summed E-state index contributed by atoms with van der Waals surface area (Å²) >= 11 is 5.93. The fourth-order valence-corrected chi connectivity index (χ4v) is 3.81. The summed E-state index contributed by atoms with van der Waals surface area (Å²) < 4.78 is 32.6. The lowest BCUT2D eigenvalue weighted by atomic mass is 10.1. The van der Waals surface area contributed by atoms with Crippen molar-refractivity contribution < 1.29 is 23.0 Å². The number of rotatable bonds is 6. The molecule has 0 fully saturated rings. The SMILES string of the molecule is CC(C)(C)NS(=O)(=O)c1ccc(Oc2ccc([N+](=O)[O-])cc2Cl)c([N+](=O)[O-])c1. The maximum absolute atomic E-state index is 12.4. The van der Waals surface area contributed by atoms with Gasteiger partial charge in [-0.25, -0.2) is 13.1 Å². The van der Waals surface area contributed by atoms with Crippen molar-refractivity contribution in [3.8, 4) is 11.5 Å². The first-order valence-electron chi connectivity index (χ1n) is 7.74. The molecule has 2 rings (SSSR count). The Hall–Kier alpha value is -2.76. The first-order chi connectivity index (χ1) is 12.8. The van der Waals surface area contributed by atoms with Crippen LogP contribution in [0.3, 0.4) is 0 Å². The van der Waals surface area contributed by atoms with E-state index >= 15 is 0 Å². The normalized spacial score (nSPS) is 11.9. The Bertz CT molecular complexity index is 1050. The monoisotopic (exact) mass is 429 g/mol. The van der Waals surface area contributed by atoms with Gasteiger partial charge >= 0.3 is 5.69 Å². The molecule has 0 atom stereocenters. The third kappa shape index (κ3) is 5.15. The van der Waals surface area contributed by atoms with Gasteiger partial charge in [0.15, 0.2) is 0 Å². The number of nitrogens with zero attached hydrogens (tertiary/aromatic N) is 2. The summed E-state index contributed by atoms with van der Waals surface area (Å²) in [6.07, 6.45) is 0. The average Bonchev–Trinajstić information content (AvgIpc) is 2.54. The Kier molecular flexibility index (Phi) is 5.92. The van der Waals surface area contributed by atoms with Gasteiger partial charge in [-0.2, -0.15) is 0 Å². The lowest BCUT2D eigenvalue weighted by molar-refractivity contribution is -0.385. The smallest absolute Gasteiger partial charge is 0.312 e. The van der Waals surface area contributed by atoms with Gasteiger partial charge in [-0.15, -0.1) is 0 Å². The van der Waals surface area contributed by atoms with E-state index in [9.17, 15) is 28.6 Å². The van der Waals surface area contributed by atoms with Crippen molar-refractivity contribution in [1.82, 2.24) is 4.72 Å². The van der Waals surface area contributed by atoms with Crippen molar-refractivity contribution in [2.75, 3.05) is 0 Å². The van der Waals surface area contributed by atoms with Gasteiger partial charge in [-0.05, 0) is 39.0 Å². The van der Waals surface area contributed by atoms with Gasteiger partial charge in [0.2, 0.25) is 15.8 Å². The van der Waals surface area contributed by atoms with Crippen LogP contribution in [0.15, 0.2) is 41.3 Å². The number of nitrogens with one attached hydrogen (secondary N) is 1.